The van der Waals surface area contributed by atoms with Crippen molar-refractivity contribution in [2.24, 2.45) is 0 Å². The van der Waals surface area contributed by atoms with Crippen LogP contribution in [0.2, 0.25) is 0 Å². The van der Waals surface area contributed by atoms with Crippen LogP contribution in [0.15, 0.2) is 42.5 Å². The van der Waals surface area contributed by atoms with Crippen LogP contribution in [0.1, 0.15) is 24.2 Å². The zero-order chi connectivity index (χ0) is 19.3. The second kappa shape index (κ2) is 8.34. The predicted molar refractivity (Wildman–Crippen MR) is 98.9 cm³/mol. The Morgan fingerprint density at radius 2 is 2.00 bits per heavy atom. The highest BCUT2D eigenvalue weighted by Gasteiger charge is 2.14. The molecule has 0 aliphatic rings. The molecule has 0 heterocycles. The standard InChI is InChI=1S/C17H16FN3O4S/c1-10(2)25-13-5-3-4-11(8-13)16(22)20-17(26)19-15-9-12(21(23)24)6-7-14(15)18/h3-10H,1-2H3,(H2,19,20,22,26). The molecule has 0 fully saturated rings. The van der Waals surface area contributed by atoms with Gasteiger partial charge in [-0.2, -0.15) is 0 Å². The fraction of sp³-hybridized carbons (Fsp3) is 0.176. The molecule has 2 rings (SSSR count). The molecule has 0 bridgehead atoms. The molecule has 7 nitrogen and oxygen atoms in total. The zero-order valence-corrected chi connectivity index (χ0v) is 14.8. The van der Waals surface area contributed by atoms with Crippen molar-refractivity contribution in [2.45, 2.75) is 20.0 Å². The van der Waals surface area contributed by atoms with E-state index in [2.05, 4.69) is 10.6 Å². The van der Waals surface area contributed by atoms with Crippen LogP contribution in [-0.2, 0) is 0 Å². The first-order valence-corrected chi connectivity index (χ1v) is 8.00. The number of hydrogen-bond acceptors (Lipinski definition) is 5. The monoisotopic (exact) mass is 377 g/mol. The molecule has 0 spiro atoms. The number of non-ortho nitro benzene ring substituents is 1. The maximum atomic E-state index is 13.8. The number of nitrogens with one attached hydrogen (secondary N) is 2. The number of ether oxygens (including phenoxy) is 1. The minimum absolute atomic E-state index is 0.0482. The second-order valence-corrected chi connectivity index (χ2v) is 5.93. The van der Waals surface area contributed by atoms with E-state index in [1.54, 1.807) is 24.3 Å². The van der Waals surface area contributed by atoms with Gasteiger partial charge in [0.2, 0.25) is 0 Å². The van der Waals surface area contributed by atoms with E-state index in [1.807, 2.05) is 13.8 Å². The lowest BCUT2D eigenvalue weighted by atomic mass is 10.2. The molecular weight excluding hydrogens is 361 g/mol. The first-order chi connectivity index (χ1) is 12.3. The van der Waals surface area contributed by atoms with E-state index in [0.717, 1.165) is 18.2 Å². The summed E-state index contributed by atoms with van der Waals surface area (Å²) in [5.74, 6) is -0.738. The van der Waals surface area contributed by atoms with Crippen molar-refractivity contribution in [3.63, 3.8) is 0 Å². The van der Waals surface area contributed by atoms with E-state index in [-0.39, 0.29) is 22.6 Å². The van der Waals surface area contributed by atoms with E-state index >= 15 is 0 Å². The zero-order valence-electron chi connectivity index (χ0n) is 14.0. The summed E-state index contributed by atoms with van der Waals surface area (Å²) in [6, 6.07) is 9.45. The van der Waals surface area contributed by atoms with Crippen molar-refractivity contribution < 1.29 is 18.8 Å². The van der Waals surface area contributed by atoms with Gasteiger partial charge in [-0.15, -0.1) is 0 Å². The van der Waals surface area contributed by atoms with Crippen LogP contribution < -0.4 is 15.4 Å². The summed E-state index contributed by atoms with van der Waals surface area (Å²) in [7, 11) is 0. The summed E-state index contributed by atoms with van der Waals surface area (Å²) >= 11 is 4.97. The molecule has 2 N–H and O–H groups in total. The number of nitro groups is 1. The molecular formula is C17H16FN3O4S. The van der Waals surface area contributed by atoms with Gasteiger partial charge in [-0.1, -0.05) is 6.07 Å². The van der Waals surface area contributed by atoms with Crippen LogP contribution in [-0.4, -0.2) is 22.0 Å². The quantitative estimate of drug-likeness (QED) is 0.469. The maximum Gasteiger partial charge on any atom is 0.271 e. The highest BCUT2D eigenvalue weighted by Crippen LogP contribution is 2.21. The fourth-order valence-corrected chi connectivity index (χ4v) is 2.24. The molecule has 1 amide bonds. The van der Waals surface area contributed by atoms with Crippen molar-refractivity contribution in [3.8, 4) is 5.75 Å². The molecule has 0 atom stereocenters. The molecule has 26 heavy (non-hydrogen) atoms. The minimum atomic E-state index is -0.737. The van der Waals surface area contributed by atoms with Crippen molar-refractivity contribution in [1.82, 2.24) is 5.32 Å². The lowest BCUT2D eigenvalue weighted by molar-refractivity contribution is -0.384. The number of amides is 1. The number of nitro benzene ring substituents is 1. The Morgan fingerprint density at radius 1 is 1.27 bits per heavy atom. The summed E-state index contributed by atoms with van der Waals surface area (Å²) in [4.78, 5) is 22.3. The Kier molecular flexibility index (Phi) is 6.18. The van der Waals surface area contributed by atoms with Crippen LogP contribution in [0.5, 0.6) is 5.75 Å². The third-order valence-corrected chi connectivity index (χ3v) is 3.31. The Morgan fingerprint density at radius 3 is 2.65 bits per heavy atom. The van der Waals surface area contributed by atoms with Crippen molar-refractivity contribution in [2.75, 3.05) is 5.32 Å². The fourth-order valence-electron chi connectivity index (χ4n) is 2.03. The number of benzene rings is 2. The third kappa shape index (κ3) is 5.21. The highest BCUT2D eigenvalue weighted by atomic mass is 32.1. The van der Waals surface area contributed by atoms with Gasteiger partial charge < -0.3 is 10.1 Å². The van der Waals surface area contributed by atoms with Gasteiger partial charge in [0.05, 0.1) is 16.7 Å². The number of anilines is 1. The number of halogens is 1. The topological polar surface area (TPSA) is 93.5 Å². The molecule has 0 unspecified atom stereocenters. The van der Waals surface area contributed by atoms with E-state index < -0.39 is 16.6 Å². The Hall–Kier alpha value is -3.07. The van der Waals surface area contributed by atoms with Gasteiger partial charge in [-0.05, 0) is 50.3 Å². The maximum absolute atomic E-state index is 13.8. The molecule has 0 aliphatic heterocycles. The summed E-state index contributed by atoms with van der Waals surface area (Å²) in [5.41, 5.74) is -0.213. The Labute approximate surface area is 154 Å². The van der Waals surface area contributed by atoms with Crippen molar-refractivity contribution in [1.29, 1.82) is 0 Å². The predicted octanol–water partition coefficient (Wildman–Crippen LogP) is 3.65. The number of hydrogen-bond donors (Lipinski definition) is 2. The molecule has 0 aliphatic carbocycles. The van der Waals surface area contributed by atoms with Gasteiger partial charge in [0.25, 0.3) is 11.6 Å². The molecule has 0 radical (unpaired) electrons. The van der Waals surface area contributed by atoms with Crippen molar-refractivity contribution >= 4 is 34.6 Å². The van der Waals surface area contributed by atoms with Gasteiger partial charge in [0.1, 0.15) is 11.6 Å². The minimum Gasteiger partial charge on any atom is -0.491 e. The van der Waals surface area contributed by atoms with Crippen molar-refractivity contribution in [3.05, 3.63) is 64.0 Å². The first-order valence-electron chi connectivity index (χ1n) is 7.59. The van der Waals surface area contributed by atoms with E-state index in [0.29, 0.717) is 11.3 Å². The average molecular weight is 377 g/mol. The summed E-state index contributed by atoms with van der Waals surface area (Å²) in [5, 5.41) is 15.4. The van der Waals surface area contributed by atoms with Gasteiger partial charge >= 0.3 is 0 Å². The summed E-state index contributed by atoms with van der Waals surface area (Å²) < 4.78 is 19.3. The van der Waals surface area contributed by atoms with Crippen LogP contribution >= 0.6 is 12.2 Å². The summed E-state index contributed by atoms with van der Waals surface area (Å²) in [6.45, 7) is 3.72. The van der Waals surface area contributed by atoms with Gasteiger partial charge in [-0.3, -0.25) is 20.2 Å². The largest absolute Gasteiger partial charge is 0.491 e. The van der Waals surface area contributed by atoms with E-state index in [9.17, 15) is 19.3 Å². The number of thiocarbonyl (C=S) groups is 1. The lowest BCUT2D eigenvalue weighted by Crippen LogP contribution is -2.34. The van der Waals surface area contributed by atoms with E-state index in [4.69, 9.17) is 17.0 Å². The van der Waals surface area contributed by atoms with Crippen LogP contribution in [0, 0.1) is 15.9 Å². The smallest absolute Gasteiger partial charge is 0.271 e. The average Bonchev–Trinajstić information content (AvgIpc) is 2.56. The third-order valence-electron chi connectivity index (χ3n) is 3.10. The number of carbonyl (C=O) groups is 1. The molecule has 0 saturated heterocycles. The molecule has 0 saturated carbocycles. The molecule has 2 aromatic rings. The van der Waals surface area contributed by atoms with Gasteiger partial charge in [0.15, 0.2) is 5.11 Å². The first kappa shape index (κ1) is 19.3. The van der Waals surface area contributed by atoms with Crippen LogP contribution in [0.4, 0.5) is 15.8 Å². The molecule has 136 valence electrons. The van der Waals surface area contributed by atoms with Gasteiger partial charge in [0, 0.05) is 17.7 Å². The summed E-state index contributed by atoms with van der Waals surface area (Å²) in [6.07, 6.45) is -0.0482. The number of carbonyl (C=O) groups excluding carboxylic acids is 1. The molecule has 0 aromatic heterocycles. The number of rotatable bonds is 5. The second-order valence-electron chi connectivity index (χ2n) is 5.52. The van der Waals surface area contributed by atoms with Crippen LogP contribution in [0.3, 0.4) is 0 Å². The van der Waals surface area contributed by atoms with E-state index in [1.165, 1.54) is 0 Å². The Bertz CT molecular complexity index is 858. The normalized spacial score (nSPS) is 10.3. The Balaban J connectivity index is 2.07. The van der Waals surface area contributed by atoms with Crippen LogP contribution in [0.25, 0.3) is 0 Å². The SMILES string of the molecule is CC(C)Oc1cccc(C(=O)NC(=S)Nc2cc([N+](=O)[O-])ccc2F)c1. The molecule has 2 aromatic carbocycles. The lowest BCUT2D eigenvalue weighted by Gasteiger charge is -2.12. The molecule has 9 heteroatoms. The number of nitrogens with zero attached hydrogens (tertiary/aromatic N) is 1. The van der Waals surface area contributed by atoms with Gasteiger partial charge in [-0.25, -0.2) is 4.39 Å². The highest BCUT2D eigenvalue weighted by molar-refractivity contribution is 7.80.